The molecule has 20 heavy (non-hydrogen) atoms. The molecule has 0 saturated heterocycles. The highest BCUT2D eigenvalue weighted by Gasteiger charge is 2.29. The highest BCUT2D eigenvalue weighted by molar-refractivity contribution is 7.98. The van der Waals surface area contributed by atoms with E-state index < -0.39 is 5.60 Å². The topological polar surface area (TPSA) is 61.4 Å². The lowest BCUT2D eigenvalue weighted by molar-refractivity contribution is 0.0862. The van der Waals surface area contributed by atoms with E-state index in [-0.39, 0.29) is 12.1 Å². The number of aliphatic hydroxyl groups is 1. The van der Waals surface area contributed by atoms with Gasteiger partial charge in [0.1, 0.15) is 0 Å². The number of hydrogen-bond donors (Lipinski definition) is 3. The van der Waals surface area contributed by atoms with E-state index in [4.69, 9.17) is 0 Å². The molecule has 118 valence electrons. The van der Waals surface area contributed by atoms with Gasteiger partial charge in [0.05, 0.1) is 5.60 Å². The molecule has 1 aliphatic carbocycles. The second-order valence-electron chi connectivity index (χ2n) is 6.56. The summed E-state index contributed by atoms with van der Waals surface area (Å²) < 4.78 is 0. The Morgan fingerprint density at radius 1 is 1.40 bits per heavy atom. The first-order chi connectivity index (χ1) is 9.35. The molecular formula is C15H30N2O2S. The average Bonchev–Trinajstić information content (AvgIpc) is 2.37. The fourth-order valence-electron chi connectivity index (χ4n) is 2.99. The second kappa shape index (κ2) is 8.13. The second-order valence-corrected chi connectivity index (χ2v) is 7.42. The van der Waals surface area contributed by atoms with Crippen LogP contribution in [0.1, 0.15) is 46.5 Å². The van der Waals surface area contributed by atoms with Crippen molar-refractivity contribution >= 4 is 17.8 Å². The molecule has 4 nitrogen and oxygen atoms in total. The SMILES string of the molecule is CSCC(C)(O)CNC(=O)NC1CCCCC1C(C)C. The van der Waals surface area contributed by atoms with Gasteiger partial charge < -0.3 is 15.7 Å². The first-order valence-electron chi connectivity index (χ1n) is 7.61. The Kier molecular flexibility index (Phi) is 7.17. The Balaban J connectivity index is 2.40. The summed E-state index contributed by atoms with van der Waals surface area (Å²) in [7, 11) is 0. The molecule has 5 heteroatoms. The lowest BCUT2D eigenvalue weighted by atomic mass is 9.78. The number of carbonyl (C=O) groups excluding carboxylic acids is 1. The maximum Gasteiger partial charge on any atom is 0.315 e. The van der Waals surface area contributed by atoms with E-state index in [1.165, 1.54) is 19.3 Å². The van der Waals surface area contributed by atoms with E-state index in [9.17, 15) is 9.90 Å². The average molecular weight is 302 g/mol. The molecule has 3 N–H and O–H groups in total. The number of urea groups is 1. The van der Waals surface area contributed by atoms with Crippen LogP contribution in [0.3, 0.4) is 0 Å². The third-order valence-corrected chi connectivity index (χ3v) is 4.99. The molecule has 3 atom stereocenters. The quantitative estimate of drug-likeness (QED) is 0.707. The summed E-state index contributed by atoms with van der Waals surface area (Å²) in [6.45, 7) is 6.50. The van der Waals surface area contributed by atoms with Gasteiger partial charge in [-0.25, -0.2) is 4.79 Å². The van der Waals surface area contributed by atoms with Crippen molar-refractivity contribution in [2.45, 2.75) is 58.1 Å². The number of amides is 2. The van der Waals surface area contributed by atoms with Crippen LogP contribution in [0.25, 0.3) is 0 Å². The zero-order chi connectivity index (χ0) is 15.2. The van der Waals surface area contributed by atoms with Crippen molar-refractivity contribution in [3.05, 3.63) is 0 Å². The van der Waals surface area contributed by atoms with Crippen LogP contribution < -0.4 is 10.6 Å². The summed E-state index contributed by atoms with van der Waals surface area (Å²) in [4.78, 5) is 12.0. The summed E-state index contributed by atoms with van der Waals surface area (Å²) in [6.07, 6.45) is 6.68. The fourth-order valence-corrected chi connectivity index (χ4v) is 3.71. The van der Waals surface area contributed by atoms with E-state index in [0.717, 1.165) is 6.42 Å². The molecule has 1 rings (SSSR count). The lowest BCUT2D eigenvalue weighted by Gasteiger charge is -2.35. The summed E-state index contributed by atoms with van der Waals surface area (Å²) in [6, 6.07) is 0.123. The van der Waals surface area contributed by atoms with Crippen LogP contribution in [-0.4, -0.2) is 41.3 Å². The van der Waals surface area contributed by atoms with Gasteiger partial charge in [0, 0.05) is 18.3 Å². The van der Waals surface area contributed by atoms with E-state index in [2.05, 4.69) is 24.5 Å². The van der Waals surface area contributed by atoms with E-state index >= 15 is 0 Å². The molecule has 0 bridgehead atoms. The lowest BCUT2D eigenvalue weighted by Crippen LogP contribution is -2.51. The molecule has 3 unspecified atom stereocenters. The molecule has 0 radical (unpaired) electrons. The van der Waals surface area contributed by atoms with Gasteiger partial charge in [0.25, 0.3) is 0 Å². The van der Waals surface area contributed by atoms with Crippen LogP contribution in [0.2, 0.25) is 0 Å². The Bertz CT molecular complexity index is 308. The van der Waals surface area contributed by atoms with E-state index in [1.807, 2.05) is 6.26 Å². The summed E-state index contributed by atoms with van der Waals surface area (Å²) in [5.74, 6) is 1.78. The Morgan fingerprint density at radius 3 is 2.65 bits per heavy atom. The third-order valence-electron chi connectivity index (χ3n) is 4.08. The molecule has 0 heterocycles. The van der Waals surface area contributed by atoms with Crippen molar-refractivity contribution in [2.24, 2.45) is 11.8 Å². The Labute approximate surface area is 127 Å². The highest BCUT2D eigenvalue weighted by atomic mass is 32.2. The molecule has 0 aromatic carbocycles. The van der Waals surface area contributed by atoms with Crippen LogP contribution >= 0.6 is 11.8 Å². The minimum Gasteiger partial charge on any atom is -0.387 e. The van der Waals surface area contributed by atoms with Crippen LogP contribution in [-0.2, 0) is 0 Å². The van der Waals surface area contributed by atoms with Gasteiger partial charge in [0.15, 0.2) is 0 Å². The Morgan fingerprint density at radius 2 is 2.05 bits per heavy atom. The minimum atomic E-state index is -0.846. The molecule has 0 spiro atoms. The minimum absolute atomic E-state index is 0.149. The van der Waals surface area contributed by atoms with Crippen molar-refractivity contribution in [3.8, 4) is 0 Å². The molecule has 0 aliphatic heterocycles. The summed E-state index contributed by atoms with van der Waals surface area (Å²) in [5, 5.41) is 15.9. The number of thioether (sulfide) groups is 1. The number of hydrogen-bond acceptors (Lipinski definition) is 3. The van der Waals surface area contributed by atoms with Gasteiger partial charge in [-0.3, -0.25) is 0 Å². The molecule has 0 aromatic heterocycles. The standard InChI is InChI=1S/C15H30N2O2S/c1-11(2)12-7-5-6-8-13(12)17-14(18)16-9-15(3,19)10-20-4/h11-13,19H,5-10H2,1-4H3,(H2,16,17,18). The molecule has 1 fully saturated rings. The van der Waals surface area contributed by atoms with Crippen LogP contribution in [0.4, 0.5) is 4.79 Å². The normalized spacial score (nSPS) is 26.1. The molecular weight excluding hydrogens is 272 g/mol. The maximum atomic E-state index is 12.0. The molecule has 2 amide bonds. The monoisotopic (exact) mass is 302 g/mol. The molecule has 1 saturated carbocycles. The Hall–Kier alpha value is -0.420. The third kappa shape index (κ3) is 5.92. The van der Waals surface area contributed by atoms with Crippen molar-refractivity contribution in [1.82, 2.24) is 10.6 Å². The smallest absolute Gasteiger partial charge is 0.315 e. The predicted octanol–water partition coefficient (Wildman–Crippen LogP) is 2.61. The van der Waals surface area contributed by atoms with Gasteiger partial charge in [0.2, 0.25) is 0 Å². The van der Waals surface area contributed by atoms with Crippen LogP contribution in [0.15, 0.2) is 0 Å². The molecule has 0 aromatic rings. The number of carbonyl (C=O) groups is 1. The first-order valence-corrected chi connectivity index (χ1v) is 9.01. The van der Waals surface area contributed by atoms with Crippen molar-refractivity contribution < 1.29 is 9.90 Å². The van der Waals surface area contributed by atoms with Crippen molar-refractivity contribution in [1.29, 1.82) is 0 Å². The maximum absolute atomic E-state index is 12.0. The van der Waals surface area contributed by atoms with Gasteiger partial charge in [-0.1, -0.05) is 26.7 Å². The zero-order valence-corrected chi connectivity index (χ0v) is 14.1. The van der Waals surface area contributed by atoms with Crippen LogP contribution in [0.5, 0.6) is 0 Å². The van der Waals surface area contributed by atoms with Gasteiger partial charge in [-0.05, 0) is 37.9 Å². The van der Waals surface area contributed by atoms with Crippen LogP contribution in [0, 0.1) is 11.8 Å². The van der Waals surface area contributed by atoms with Gasteiger partial charge >= 0.3 is 6.03 Å². The first kappa shape index (κ1) is 17.6. The highest BCUT2D eigenvalue weighted by Crippen LogP contribution is 2.30. The van der Waals surface area contributed by atoms with Crippen molar-refractivity contribution in [2.75, 3.05) is 18.6 Å². The molecule has 1 aliphatic rings. The van der Waals surface area contributed by atoms with Crippen molar-refractivity contribution in [3.63, 3.8) is 0 Å². The summed E-state index contributed by atoms with van der Waals surface area (Å²) in [5.41, 5.74) is -0.846. The van der Waals surface area contributed by atoms with E-state index in [1.54, 1.807) is 18.7 Å². The number of rotatable bonds is 6. The largest absolute Gasteiger partial charge is 0.387 e. The summed E-state index contributed by atoms with van der Waals surface area (Å²) >= 11 is 1.58. The van der Waals surface area contributed by atoms with Gasteiger partial charge in [-0.15, -0.1) is 0 Å². The zero-order valence-electron chi connectivity index (χ0n) is 13.2. The van der Waals surface area contributed by atoms with Gasteiger partial charge in [-0.2, -0.15) is 11.8 Å². The van der Waals surface area contributed by atoms with E-state index in [0.29, 0.717) is 24.1 Å². The fraction of sp³-hybridized carbons (Fsp3) is 0.933. The number of nitrogens with one attached hydrogen (secondary N) is 2. The predicted molar refractivity (Wildman–Crippen MR) is 86.1 cm³/mol.